The second kappa shape index (κ2) is 3.12. The van der Waals surface area contributed by atoms with Gasteiger partial charge in [-0.3, -0.25) is 4.98 Å². The normalized spacial score (nSPS) is 15.9. The number of aryl methyl sites for hydroxylation is 1. The molecule has 68 valence electrons. The molecule has 2 rings (SSSR count). The minimum absolute atomic E-state index is 0.456. The van der Waals surface area contributed by atoms with Crippen molar-refractivity contribution in [3.63, 3.8) is 0 Å². The fourth-order valence-corrected chi connectivity index (χ4v) is 1.51. The molecule has 0 saturated heterocycles. The molecule has 2 N–H and O–H groups in total. The average Bonchev–Trinajstić information content (AvgIpc) is 2.87. The highest BCUT2D eigenvalue weighted by Gasteiger charge is 2.30. The summed E-state index contributed by atoms with van der Waals surface area (Å²) >= 11 is 0. The van der Waals surface area contributed by atoms with Crippen LogP contribution in [0.4, 0.5) is 0 Å². The van der Waals surface area contributed by atoms with Crippen molar-refractivity contribution in [2.45, 2.75) is 25.7 Å². The van der Waals surface area contributed by atoms with E-state index in [1.165, 1.54) is 0 Å². The van der Waals surface area contributed by atoms with Crippen LogP contribution in [0.15, 0.2) is 12.3 Å². The highest BCUT2D eigenvalue weighted by Crippen LogP contribution is 2.38. The van der Waals surface area contributed by atoms with Crippen LogP contribution < -0.4 is 5.46 Å². The maximum absolute atomic E-state index is 9.12. The van der Waals surface area contributed by atoms with Gasteiger partial charge in [0.05, 0.1) is 0 Å². The van der Waals surface area contributed by atoms with Crippen molar-refractivity contribution in [1.82, 2.24) is 4.98 Å². The molecule has 3 nitrogen and oxygen atoms in total. The molecule has 1 aromatic rings. The fourth-order valence-electron chi connectivity index (χ4n) is 1.51. The van der Waals surface area contributed by atoms with Gasteiger partial charge in [-0.2, -0.15) is 0 Å². The van der Waals surface area contributed by atoms with E-state index in [2.05, 4.69) is 4.98 Å². The SMILES string of the molecule is Cc1cnc(C2CC2)c(B(O)O)c1. The average molecular weight is 177 g/mol. The van der Waals surface area contributed by atoms with Gasteiger partial charge in [-0.05, 0) is 25.3 Å². The molecule has 0 aromatic carbocycles. The Morgan fingerprint density at radius 3 is 2.69 bits per heavy atom. The molecule has 0 atom stereocenters. The molecule has 1 saturated carbocycles. The summed E-state index contributed by atoms with van der Waals surface area (Å²) in [4.78, 5) is 4.24. The predicted molar refractivity (Wildman–Crippen MR) is 50.8 cm³/mol. The standard InChI is InChI=1S/C9H12BNO2/c1-6-4-8(10(12)13)9(11-5-6)7-2-3-7/h4-5,7,12-13H,2-3H2,1H3. The molecular formula is C9H12BNO2. The lowest BCUT2D eigenvalue weighted by molar-refractivity contribution is 0.425. The minimum Gasteiger partial charge on any atom is -0.423 e. The highest BCUT2D eigenvalue weighted by molar-refractivity contribution is 6.59. The lowest BCUT2D eigenvalue weighted by Gasteiger charge is -2.07. The van der Waals surface area contributed by atoms with Crippen LogP contribution in [0.5, 0.6) is 0 Å². The number of hydrogen-bond acceptors (Lipinski definition) is 3. The van der Waals surface area contributed by atoms with E-state index in [0.29, 0.717) is 11.4 Å². The van der Waals surface area contributed by atoms with E-state index in [4.69, 9.17) is 10.0 Å². The lowest BCUT2D eigenvalue weighted by Crippen LogP contribution is -2.34. The second-order valence-electron chi connectivity index (χ2n) is 3.64. The summed E-state index contributed by atoms with van der Waals surface area (Å²) in [6.45, 7) is 1.90. The molecule has 0 radical (unpaired) electrons. The van der Waals surface area contributed by atoms with Gasteiger partial charge in [0.25, 0.3) is 0 Å². The van der Waals surface area contributed by atoms with Gasteiger partial charge >= 0.3 is 7.12 Å². The maximum Gasteiger partial charge on any atom is 0.490 e. The first kappa shape index (κ1) is 8.72. The van der Waals surface area contributed by atoms with Crippen LogP contribution in [0, 0.1) is 6.92 Å². The molecular weight excluding hydrogens is 165 g/mol. The van der Waals surface area contributed by atoms with E-state index < -0.39 is 7.12 Å². The molecule has 0 spiro atoms. The third-order valence-electron chi connectivity index (χ3n) is 2.33. The van der Waals surface area contributed by atoms with Gasteiger partial charge < -0.3 is 10.0 Å². The Kier molecular flexibility index (Phi) is 2.10. The zero-order chi connectivity index (χ0) is 9.42. The Morgan fingerprint density at radius 2 is 2.15 bits per heavy atom. The van der Waals surface area contributed by atoms with E-state index in [1.54, 1.807) is 12.3 Å². The highest BCUT2D eigenvalue weighted by atomic mass is 16.4. The molecule has 1 aliphatic rings. The monoisotopic (exact) mass is 177 g/mol. The van der Waals surface area contributed by atoms with Crippen molar-refractivity contribution in [2.75, 3.05) is 0 Å². The second-order valence-corrected chi connectivity index (χ2v) is 3.64. The van der Waals surface area contributed by atoms with E-state index in [0.717, 1.165) is 24.1 Å². The molecule has 1 aromatic heterocycles. The van der Waals surface area contributed by atoms with Gasteiger partial charge in [0.1, 0.15) is 0 Å². The first-order valence-corrected chi connectivity index (χ1v) is 4.51. The zero-order valence-corrected chi connectivity index (χ0v) is 7.57. The number of rotatable bonds is 2. The van der Waals surface area contributed by atoms with Crippen LogP contribution in [-0.2, 0) is 0 Å². The van der Waals surface area contributed by atoms with Crippen LogP contribution in [0.25, 0.3) is 0 Å². The third kappa shape index (κ3) is 1.74. The summed E-state index contributed by atoms with van der Waals surface area (Å²) in [5, 5.41) is 18.2. The van der Waals surface area contributed by atoms with Crippen LogP contribution in [-0.4, -0.2) is 22.2 Å². The summed E-state index contributed by atoms with van der Waals surface area (Å²) in [6.07, 6.45) is 4.02. The Balaban J connectivity index is 2.41. The van der Waals surface area contributed by atoms with Crippen molar-refractivity contribution in [3.8, 4) is 0 Å². The van der Waals surface area contributed by atoms with Crippen molar-refractivity contribution in [2.24, 2.45) is 0 Å². The maximum atomic E-state index is 9.12. The number of pyridine rings is 1. The number of aromatic nitrogens is 1. The summed E-state index contributed by atoms with van der Waals surface area (Å²) in [5.41, 5.74) is 2.40. The fraction of sp³-hybridized carbons (Fsp3) is 0.444. The Bertz CT molecular complexity index is 323. The van der Waals surface area contributed by atoms with E-state index in [9.17, 15) is 0 Å². The Morgan fingerprint density at radius 1 is 1.46 bits per heavy atom. The molecule has 1 fully saturated rings. The largest absolute Gasteiger partial charge is 0.490 e. The van der Waals surface area contributed by atoms with Crippen molar-refractivity contribution in [3.05, 3.63) is 23.5 Å². The van der Waals surface area contributed by atoms with Gasteiger partial charge in [-0.1, -0.05) is 6.07 Å². The van der Waals surface area contributed by atoms with E-state index >= 15 is 0 Å². The molecule has 1 aliphatic carbocycles. The zero-order valence-electron chi connectivity index (χ0n) is 7.57. The molecule has 0 amide bonds. The first-order valence-electron chi connectivity index (χ1n) is 4.51. The molecule has 4 heteroatoms. The quantitative estimate of drug-likeness (QED) is 0.622. The van der Waals surface area contributed by atoms with Gasteiger partial charge in [-0.15, -0.1) is 0 Å². The lowest BCUT2D eigenvalue weighted by atomic mass is 9.77. The van der Waals surface area contributed by atoms with Crippen molar-refractivity contribution < 1.29 is 10.0 Å². The summed E-state index contributed by atoms with van der Waals surface area (Å²) in [6, 6.07) is 1.80. The summed E-state index contributed by atoms with van der Waals surface area (Å²) in [5.74, 6) is 0.456. The third-order valence-corrected chi connectivity index (χ3v) is 2.33. The predicted octanol–water partition coefficient (Wildman–Crippen LogP) is -0.0528. The van der Waals surface area contributed by atoms with E-state index in [1.807, 2.05) is 6.92 Å². The number of nitrogens with zero attached hydrogens (tertiary/aromatic N) is 1. The van der Waals surface area contributed by atoms with Gasteiger partial charge in [0, 0.05) is 23.3 Å². The van der Waals surface area contributed by atoms with E-state index in [-0.39, 0.29) is 0 Å². The molecule has 13 heavy (non-hydrogen) atoms. The molecule has 0 bridgehead atoms. The van der Waals surface area contributed by atoms with Crippen molar-refractivity contribution >= 4 is 12.6 Å². The van der Waals surface area contributed by atoms with Gasteiger partial charge in [0.2, 0.25) is 0 Å². The Labute approximate surface area is 77.6 Å². The molecule has 0 unspecified atom stereocenters. The first-order chi connectivity index (χ1) is 6.18. The summed E-state index contributed by atoms with van der Waals surface area (Å²) in [7, 11) is -1.39. The molecule has 0 aliphatic heterocycles. The van der Waals surface area contributed by atoms with Crippen LogP contribution in [0.2, 0.25) is 0 Å². The smallest absolute Gasteiger partial charge is 0.423 e. The van der Waals surface area contributed by atoms with Gasteiger partial charge in [-0.25, -0.2) is 0 Å². The topological polar surface area (TPSA) is 53.4 Å². The van der Waals surface area contributed by atoms with Gasteiger partial charge in [0.15, 0.2) is 0 Å². The van der Waals surface area contributed by atoms with Crippen LogP contribution >= 0.6 is 0 Å². The van der Waals surface area contributed by atoms with Crippen molar-refractivity contribution in [1.29, 1.82) is 0 Å². The number of hydrogen-bond donors (Lipinski definition) is 2. The van der Waals surface area contributed by atoms with Crippen LogP contribution in [0.1, 0.15) is 30.0 Å². The summed E-state index contributed by atoms with van der Waals surface area (Å²) < 4.78 is 0. The minimum atomic E-state index is -1.39. The van der Waals surface area contributed by atoms with Crippen LogP contribution in [0.3, 0.4) is 0 Å². The molecule has 1 heterocycles. The Hall–Kier alpha value is -0.865.